The molecule has 6 heteroatoms. The number of aryl methyl sites for hydroxylation is 1. The van der Waals surface area contributed by atoms with Crippen LogP contribution in [0.3, 0.4) is 0 Å². The Labute approximate surface area is 111 Å². The molecule has 0 spiro atoms. The maximum atomic E-state index is 11.3. The molecular weight excluding hydrogens is 244 g/mol. The number of ether oxygens (including phenoxy) is 1. The zero-order valence-corrected chi connectivity index (χ0v) is 10.9. The number of nitrogen functional groups attached to an aromatic ring is 1. The number of nitrogens with two attached hydrogens (primary N) is 1. The number of anilines is 2. The molecule has 1 heterocycles. The minimum Gasteiger partial charge on any atom is -0.465 e. The van der Waals surface area contributed by atoms with Crippen LogP contribution in [0.25, 0.3) is 0 Å². The molecule has 2 aromatic rings. The van der Waals surface area contributed by atoms with Crippen molar-refractivity contribution >= 4 is 17.3 Å². The highest BCUT2D eigenvalue weighted by atomic mass is 16.5. The first-order chi connectivity index (χ1) is 9.10. The number of carbonyl (C=O) groups is 1. The van der Waals surface area contributed by atoms with Crippen LogP contribution in [0.2, 0.25) is 0 Å². The lowest BCUT2D eigenvalue weighted by molar-refractivity contribution is 0.0601. The maximum Gasteiger partial charge on any atom is 0.337 e. The molecule has 0 bridgehead atoms. The van der Waals surface area contributed by atoms with Gasteiger partial charge in [0.15, 0.2) is 0 Å². The highest BCUT2D eigenvalue weighted by Crippen LogP contribution is 2.20. The first kappa shape index (κ1) is 12.9. The first-order valence-corrected chi connectivity index (χ1v) is 5.80. The van der Waals surface area contributed by atoms with Crippen LogP contribution in [0.4, 0.5) is 11.4 Å². The van der Waals surface area contributed by atoms with Crippen molar-refractivity contribution < 1.29 is 9.53 Å². The largest absolute Gasteiger partial charge is 0.465 e. The standard InChI is InChI=1S/C13H16N4O2/c1-17-6-5-10(16-17)8-15-12-4-3-9(7-11(12)14)13(18)19-2/h3-7,15H,8,14H2,1-2H3. The lowest BCUT2D eigenvalue weighted by Crippen LogP contribution is -2.06. The van der Waals surface area contributed by atoms with E-state index < -0.39 is 5.97 Å². The third-order valence-electron chi connectivity index (χ3n) is 2.70. The van der Waals surface area contributed by atoms with Crippen LogP contribution in [0, 0.1) is 0 Å². The summed E-state index contributed by atoms with van der Waals surface area (Å²) in [6.07, 6.45) is 1.88. The van der Waals surface area contributed by atoms with Gasteiger partial charge in [0.05, 0.1) is 36.3 Å². The third kappa shape index (κ3) is 3.04. The molecule has 0 radical (unpaired) electrons. The van der Waals surface area contributed by atoms with Crippen molar-refractivity contribution in [3.8, 4) is 0 Å². The van der Waals surface area contributed by atoms with Crippen LogP contribution in [0.15, 0.2) is 30.5 Å². The van der Waals surface area contributed by atoms with Gasteiger partial charge < -0.3 is 15.8 Å². The lowest BCUT2D eigenvalue weighted by Gasteiger charge is -2.09. The zero-order chi connectivity index (χ0) is 13.8. The average Bonchev–Trinajstić information content (AvgIpc) is 2.82. The van der Waals surface area contributed by atoms with Gasteiger partial charge in [-0.3, -0.25) is 4.68 Å². The Balaban J connectivity index is 2.07. The van der Waals surface area contributed by atoms with Gasteiger partial charge in [-0.1, -0.05) is 0 Å². The van der Waals surface area contributed by atoms with E-state index in [9.17, 15) is 4.79 Å². The molecule has 0 unspecified atom stereocenters. The molecule has 2 rings (SSSR count). The number of nitrogens with zero attached hydrogens (tertiary/aromatic N) is 2. The molecule has 0 aliphatic rings. The molecule has 100 valence electrons. The van der Waals surface area contributed by atoms with Crippen molar-refractivity contribution in [3.63, 3.8) is 0 Å². The topological polar surface area (TPSA) is 82.2 Å². The molecule has 3 N–H and O–H groups in total. The van der Waals surface area contributed by atoms with Gasteiger partial charge in [-0.2, -0.15) is 5.10 Å². The number of benzene rings is 1. The fourth-order valence-electron chi connectivity index (χ4n) is 1.71. The molecule has 0 atom stereocenters. The second kappa shape index (κ2) is 5.43. The second-order valence-electron chi connectivity index (χ2n) is 4.13. The zero-order valence-electron chi connectivity index (χ0n) is 10.9. The fourth-order valence-corrected chi connectivity index (χ4v) is 1.71. The van der Waals surface area contributed by atoms with Gasteiger partial charge in [0.25, 0.3) is 0 Å². The van der Waals surface area contributed by atoms with Crippen molar-refractivity contribution in [2.24, 2.45) is 7.05 Å². The number of hydrogen-bond acceptors (Lipinski definition) is 5. The number of aromatic nitrogens is 2. The number of hydrogen-bond donors (Lipinski definition) is 2. The summed E-state index contributed by atoms with van der Waals surface area (Å²) in [6, 6.07) is 6.94. The highest BCUT2D eigenvalue weighted by Gasteiger charge is 2.08. The van der Waals surface area contributed by atoms with Crippen LogP contribution in [0.5, 0.6) is 0 Å². The smallest absolute Gasteiger partial charge is 0.337 e. The molecular formula is C13H16N4O2. The van der Waals surface area contributed by atoms with E-state index in [0.717, 1.165) is 11.4 Å². The molecule has 6 nitrogen and oxygen atoms in total. The van der Waals surface area contributed by atoms with Crippen molar-refractivity contribution in [2.75, 3.05) is 18.2 Å². The SMILES string of the molecule is COC(=O)c1ccc(NCc2ccn(C)n2)c(N)c1. The van der Waals surface area contributed by atoms with E-state index in [1.807, 2.05) is 19.3 Å². The van der Waals surface area contributed by atoms with E-state index in [1.54, 1.807) is 22.9 Å². The van der Waals surface area contributed by atoms with Gasteiger partial charge in [0.1, 0.15) is 0 Å². The summed E-state index contributed by atoms with van der Waals surface area (Å²) in [5.41, 5.74) is 8.50. The van der Waals surface area contributed by atoms with Gasteiger partial charge in [-0.15, -0.1) is 0 Å². The Morgan fingerprint density at radius 2 is 2.26 bits per heavy atom. The van der Waals surface area contributed by atoms with Gasteiger partial charge >= 0.3 is 5.97 Å². The van der Waals surface area contributed by atoms with Gasteiger partial charge in [0, 0.05) is 13.2 Å². The monoisotopic (exact) mass is 260 g/mol. The van der Waals surface area contributed by atoms with E-state index in [-0.39, 0.29) is 0 Å². The summed E-state index contributed by atoms with van der Waals surface area (Å²) in [7, 11) is 3.20. The Hall–Kier alpha value is -2.50. The van der Waals surface area contributed by atoms with Gasteiger partial charge in [-0.25, -0.2) is 4.79 Å². The number of carbonyl (C=O) groups excluding carboxylic acids is 1. The van der Waals surface area contributed by atoms with Gasteiger partial charge in [-0.05, 0) is 24.3 Å². The van der Waals surface area contributed by atoms with Crippen molar-refractivity contribution in [1.82, 2.24) is 9.78 Å². The number of methoxy groups -OCH3 is 1. The van der Waals surface area contributed by atoms with Gasteiger partial charge in [0.2, 0.25) is 0 Å². The average molecular weight is 260 g/mol. The molecule has 1 aromatic heterocycles. The summed E-state index contributed by atoms with van der Waals surface area (Å²) in [6.45, 7) is 0.572. The highest BCUT2D eigenvalue weighted by molar-refractivity contribution is 5.91. The Bertz CT molecular complexity index is 592. The number of rotatable bonds is 4. The minimum absolute atomic E-state index is 0.400. The molecule has 0 amide bonds. The van der Waals surface area contributed by atoms with E-state index in [4.69, 9.17) is 5.73 Å². The molecule has 19 heavy (non-hydrogen) atoms. The van der Waals surface area contributed by atoms with E-state index >= 15 is 0 Å². The van der Waals surface area contributed by atoms with Crippen LogP contribution in [-0.4, -0.2) is 22.9 Å². The summed E-state index contributed by atoms with van der Waals surface area (Å²) in [5.74, 6) is -0.400. The maximum absolute atomic E-state index is 11.3. The Kier molecular flexibility index (Phi) is 3.70. The molecule has 0 saturated carbocycles. The van der Waals surface area contributed by atoms with Crippen molar-refractivity contribution in [3.05, 3.63) is 41.7 Å². The third-order valence-corrected chi connectivity index (χ3v) is 2.70. The molecule has 1 aromatic carbocycles. The molecule has 0 saturated heterocycles. The molecule has 0 fully saturated rings. The number of nitrogens with one attached hydrogen (secondary N) is 1. The van der Waals surface area contributed by atoms with Crippen molar-refractivity contribution in [2.45, 2.75) is 6.54 Å². The quantitative estimate of drug-likeness (QED) is 0.641. The minimum atomic E-state index is -0.400. The summed E-state index contributed by atoms with van der Waals surface area (Å²) >= 11 is 0. The summed E-state index contributed by atoms with van der Waals surface area (Å²) in [4.78, 5) is 11.3. The fraction of sp³-hybridized carbons (Fsp3) is 0.231. The summed E-state index contributed by atoms with van der Waals surface area (Å²) < 4.78 is 6.37. The van der Waals surface area contributed by atoms with E-state index in [2.05, 4.69) is 15.2 Å². The Morgan fingerprint density at radius 3 is 2.84 bits per heavy atom. The van der Waals surface area contributed by atoms with Crippen LogP contribution in [-0.2, 0) is 18.3 Å². The second-order valence-corrected chi connectivity index (χ2v) is 4.13. The van der Waals surface area contributed by atoms with Crippen LogP contribution in [0.1, 0.15) is 16.1 Å². The Morgan fingerprint density at radius 1 is 1.47 bits per heavy atom. The molecule has 0 aliphatic carbocycles. The van der Waals surface area contributed by atoms with E-state index in [1.165, 1.54) is 7.11 Å². The van der Waals surface area contributed by atoms with Crippen LogP contribution >= 0.6 is 0 Å². The lowest BCUT2D eigenvalue weighted by atomic mass is 10.1. The first-order valence-electron chi connectivity index (χ1n) is 5.80. The normalized spacial score (nSPS) is 10.2. The molecule has 0 aliphatic heterocycles. The van der Waals surface area contributed by atoms with E-state index in [0.29, 0.717) is 17.8 Å². The van der Waals surface area contributed by atoms with Crippen LogP contribution < -0.4 is 11.1 Å². The van der Waals surface area contributed by atoms with Crippen molar-refractivity contribution in [1.29, 1.82) is 0 Å². The predicted octanol–water partition coefficient (Wildman–Crippen LogP) is 1.40. The predicted molar refractivity (Wildman–Crippen MR) is 72.7 cm³/mol. The summed E-state index contributed by atoms with van der Waals surface area (Å²) in [5, 5.41) is 7.43. The number of esters is 1.